The highest BCUT2D eigenvalue weighted by atomic mass is 32.2. The molecule has 0 saturated carbocycles. The SMILES string of the molecule is CCS(=O)(=O)N1CCCC(C(=O)Nc2ccc(C(F)(F)F)c(F)c2)C1. The van der Waals surface area contributed by atoms with Gasteiger partial charge in [0.15, 0.2) is 0 Å². The molecule has 1 aliphatic rings. The van der Waals surface area contributed by atoms with E-state index in [1.54, 1.807) is 0 Å². The molecule has 25 heavy (non-hydrogen) atoms. The molecule has 0 radical (unpaired) electrons. The van der Waals surface area contributed by atoms with Crippen molar-refractivity contribution in [3.8, 4) is 0 Å². The number of sulfonamides is 1. The van der Waals surface area contributed by atoms with Crippen LogP contribution >= 0.6 is 0 Å². The quantitative estimate of drug-likeness (QED) is 0.815. The lowest BCUT2D eigenvalue weighted by Crippen LogP contribution is -2.44. The van der Waals surface area contributed by atoms with Gasteiger partial charge in [-0.25, -0.2) is 17.1 Å². The van der Waals surface area contributed by atoms with E-state index in [1.807, 2.05) is 0 Å². The molecular weight excluding hydrogens is 364 g/mol. The lowest BCUT2D eigenvalue weighted by molar-refractivity contribution is -0.140. The molecule has 1 aromatic carbocycles. The first-order valence-electron chi connectivity index (χ1n) is 7.70. The topological polar surface area (TPSA) is 66.5 Å². The summed E-state index contributed by atoms with van der Waals surface area (Å²) < 4.78 is 76.2. The van der Waals surface area contributed by atoms with Crippen molar-refractivity contribution in [3.05, 3.63) is 29.6 Å². The van der Waals surface area contributed by atoms with Crippen LogP contribution in [-0.4, -0.2) is 37.5 Å². The average Bonchev–Trinajstić information content (AvgIpc) is 2.53. The lowest BCUT2D eigenvalue weighted by Gasteiger charge is -2.30. The molecule has 1 heterocycles. The van der Waals surface area contributed by atoms with Gasteiger partial charge in [-0.2, -0.15) is 13.2 Å². The largest absolute Gasteiger partial charge is 0.419 e. The predicted octanol–water partition coefficient (Wildman–Crippen LogP) is 2.84. The number of hydrogen-bond acceptors (Lipinski definition) is 3. The number of hydrogen-bond donors (Lipinski definition) is 1. The standard InChI is InChI=1S/C15H18F4N2O3S/c1-2-25(23,24)21-7-3-4-10(9-21)14(22)20-11-5-6-12(13(16)8-11)15(17,18)19/h5-6,8,10H,2-4,7,9H2,1H3,(H,20,22). The highest BCUT2D eigenvalue weighted by molar-refractivity contribution is 7.89. The monoisotopic (exact) mass is 382 g/mol. The summed E-state index contributed by atoms with van der Waals surface area (Å²) in [7, 11) is -3.42. The van der Waals surface area contributed by atoms with Crippen LogP contribution < -0.4 is 5.32 Å². The maximum absolute atomic E-state index is 13.5. The summed E-state index contributed by atoms with van der Waals surface area (Å²) in [6, 6.07) is 2.12. The van der Waals surface area contributed by atoms with E-state index in [4.69, 9.17) is 0 Å². The second-order valence-electron chi connectivity index (χ2n) is 5.78. The second-order valence-corrected chi connectivity index (χ2v) is 8.04. The van der Waals surface area contributed by atoms with Crippen molar-refractivity contribution >= 4 is 21.6 Å². The van der Waals surface area contributed by atoms with E-state index in [9.17, 15) is 30.8 Å². The van der Waals surface area contributed by atoms with Gasteiger partial charge in [-0.15, -0.1) is 0 Å². The van der Waals surface area contributed by atoms with Gasteiger partial charge < -0.3 is 5.32 Å². The van der Waals surface area contributed by atoms with Crippen molar-refractivity contribution in [1.29, 1.82) is 0 Å². The van der Waals surface area contributed by atoms with Crippen LogP contribution in [-0.2, 0) is 21.0 Å². The fourth-order valence-electron chi connectivity index (χ4n) is 2.66. The number of rotatable bonds is 4. The fraction of sp³-hybridized carbons (Fsp3) is 0.533. The molecule has 0 bridgehead atoms. The third-order valence-corrected chi connectivity index (χ3v) is 5.90. The van der Waals surface area contributed by atoms with Crippen LogP contribution in [0, 0.1) is 11.7 Å². The first kappa shape index (κ1) is 19.6. The Balaban J connectivity index is 2.08. The third kappa shape index (κ3) is 4.69. The minimum Gasteiger partial charge on any atom is -0.326 e. The molecule has 1 N–H and O–H groups in total. The minimum atomic E-state index is -4.81. The molecule has 5 nitrogen and oxygen atoms in total. The van der Waals surface area contributed by atoms with E-state index in [2.05, 4.69) is 5.32 Å². The molecule has 1 saturated heterocycles. The number of alkyl halides is 3. The van der Waals surface area contributed by atoms with Gasteiger partial charge in [-0.1, -0.05) is 0 Å². The number of anilines is 1. The van der Waals surface area contributed by atoms with Crippen molar-refractivity contribution < 1.29 is 30.8 Å². The van der Waals surface area contributed by atoms with E-state index < -0.39 is 39.4 Å². The summed E-state index contributed by atoms with van der Waals surface area (Å²) in [5, 5.41) is 2.35. The first-order valence-corrected chi connectivity index (χ1v) is 9.31. The predicted molar refractivity (Wildman–Crippen MR) is 83.8 cm³/mol. The number of benzene rings is 1. The van der Waals surface area contributed by atoms with Gasteiger partial charge >= 0.3 is 6.18 Å². The summed E-state index contributed by atoms with van der Waals surface area (Å²) in [5.74, 6) is -2.74. The Kier molecular flexibility index (Phi) is 5.72. The number of nitrogens with one attached hydrogen (secondary N) is 1. The molecule has 0 aromatic heterocycles. The molecule has 1 amide bonds. The maximum Gasteiger partial charge on any atom is 0.419 e. The molecule has 1 fully saturated rings. The van der Waals surface area contributed by atoms with E-state index >= 15 is 0 Å². The number of amides is 1. The van der Waals surface area contributed by atoms with Crippen LogP contribution in [0.25, 0.3) is 0 Å². The van der Waals surface area contributed by atoms with Gasteiger partial charge in [-0.3, -0.25) is 4.79 Å². The Morgan fingerprint density at radius 2 is 2.04 bits per heavy atom. The van der Waals surface area contributed by atoms with Crippen LogP contribution in [0.1, 0.15) is 25.3 Å². The molecule has 1 atom stereocenters. The Hall–Kier alpha value is -1.68. The van der Waals surface area contributed by atoms with Gasteiger partial charge in [0.2, 0.25) is 15.9 Å². The summed E-state index contributed by atoms with van der Waals surface area (Å²) in [4.78, 5) is 12.2. The molecule has 0 spiro atoms. The molecule has 140 valence electrons. The second kappa shape index (κ2) is 7.28. The zero-order valence-corrected chi connectivity index (χ0v) is 14.3. The molecule has 10 heteroatoms. The van der Waals surface area contributed by atoms with E-state index in [0.717, 1.165) is 6.07 Å². The van der Waals surface area contributed by atoms with Crippen molar-refractivity contribution in [2.24, 2.45) is 5.92 Å². The molecule has 1 aliphatic heterocycles. The van der Waals surface area contributed by atoms with Crippen molar-refractivity contribution in [2.75, 3.05) is 24.2 Å². The molecule has 2 rings (SSSR count). The molecule has 1 unspecified atom stereocenters. The zero-order valence-electron chi connectivity index (χ0n) is 13.4. The number of carbonyl (C=O) groups is 1. The molecule has 0 aliphatic carbocycles. The van der Waals surface area contributed by atoms with Crippen molar-refractivity contribution in [3.63, 3.8) is 0 Å². The average molecular weight is 382 g/mol. The minimum absolute atomic E-state index is 0.00508. The summed E-state index contributed by atoms with van der Waals surface area (Å²) in [6.45, 7) is 1.84. The van der Waals surface area contributed by atoms with Crippen molar-refractivity contribution in [2.45, 2.75) is 25.9 Å². The van der Waals surface area contributed by atoms with Gasteiger partial charge in [0.05, 0.1) is 17.2 Å². The first-order chi connectivity index (χ1) is 11.5. The summed E-state index contributed by atoms with van der Waals surface area (Å²) in [5.41, 5.74) is -1.52. The Bertz CT molecular complexity index is 750. The molecule has 1 aromatic rings. The van der Waals surface area contributed by atoms with E-state index in [-0.39, 0.29) is 18.0 Å². The number of halogens is 4. The molecular formula is C15H18F4N2O3S. The number of carbonyl (C=O) groups excluding carboxylic acids is 1. The van der Waals surface area contributed by atoms with Gasteiger partial charge in [0, 0.05) is 18.8 Å². The van der Waals surface area contributed by atoms with Crippen molar-refractivity contribution in [1.82, 2.24) is 4.31 Å². The normalized spacial score (nSPS) is 19.6. The van der Waals surface area contributed by atoms with Crippen LogP contribution in [0.4, 0.5) is 23.2 Å². The summed E-state index contributed by atoms with van der Waals surface area (Å²) >= 11 is 0. The van der Waals surface area contributed by atoms with Crippen LogP contribution in [0.15, 0.2) is 18.2 Å². The number of piperidine rings is 1. The van der Waals surface area contributed by atoms with E-state index in [0.29, 0.717) is 31.5 Å². The summed E-state index contributed by atoms with van der Waals surface area (Å²) in [6.07, 6.45) is -3.87. The van der Waals surface area contributed by atoms with Gasteiger partial charge in [0.25, 0.3) is 0 Å². The van der Waals surface area contributed by atoms with Crippen LogP contribution in [0.5, 0.6) is 0 Å². The highest BCUT2D eigenvalue weighted by Crippen LogP contribution is 2.32. The Morgan fingerprint density at radius 3 is 2.60 bits per heavy atom. The smallest absolute Gasteiger partial charge is 0.326 e. The lowest BCUT2D eigenvalue weighted by atomic mass is 9.98. The van der Waals surface area contributed by atoms with Crippen LogP contribution in [0.3, 0.4) is 0 Å². The van der Waals surface area contributed by atoms with Gasteiger partial charge in [0.1, 0.15) is 5.82 Å². The zero-order chi connectivity index (χ0) is 18.8. The Labute approximate surface area is 143 Å². The highest BCUT2D eigenvalue weighted by Gasteiger charge is 2.34. The van der Waals surface area contributed by atoms with Gasteiger partial charge in [-0.05, 0) is 38.0 Å². The third-order valence-electron chi connectivity index (χ3n) is 4.06. The fourth-order valence-corrected chi connectivity index (χ4v) is 3.84. The van der Waals surface area contributed by atoms with Crippen LogP contribution in [0.2, 0.25) is 0 Å². The maximum atomic E-state index is 13.5. The Morgan fingerprint density at radius 1 is 1.36 bits per heavy atom. The van der Waals surface area contributed by atoms with E-state index in [1.165, 1.54) is 11.2 Å². The number of nitrogens with zero attached hydrogens (tertiary/aromatic N) is 1.